The fourth-order valence-electron chi connectivity index (χ4n) is 2.50. The molecule has 0 atom stereocenters. The molecule has 6 heteroatoms. The summed E-state index contributed by atoms with van der Waals surface area (Å²) in [5, 5.41) is 6.62. The van der Waals surface area contributed by atoms with Gasteiger partial charge in [0.05, 0.1) is 11.9 Å². The number of nitrogen functional groups attached to an aromatic ring is 1. The van der Waals surface area contributed by atoms with Gasteiger partial charge in [0.2, 0.25) is 0 Å². The first-order chi connectivity index (χ1) is 8.82. The van der Waals surface area contributed by atoms with E-state index in [2.05, 4.69) is 10.5 Å². The van der Waals surface area contributed by atoms with E-state index in [9.17, 15) is 4.79 Å². The number of alkyl carbamates (subject to hydrolysis) is 1. The molecule has 1 fully saturated rings. The number of hydrogen-bond donors (Lipinski definition) is 2. The van der Waals surface area contributed by atoms with Crippen molar-refractivity contribution in [2.24, 2.45) is 0 Å². The Morgan fingerprint density at radius 1 is 1.47 bits per heavy atom. The van der Waals surface area contributed by atoms with Gasteiger partial charge in [-0.3, -0.25) is 0 Å². The highest BCUT2D eigenvalue weighted by atomic mass is 16.6. The average Bonchev–Trinajstić information content (AvgIpc) is 2.84. The lowest BCUT2D eigenvalue weighted by atomic mass is 9.93. The van der Waals surface area contributed by atoms with Crippen molar-refractivity contribution in [3.05, 3.63) is 12.0 Å². The normalized spacial score (nSPS) is 18.3. The van der Waals surface area contributed by atoms with Gasteiger partial charge in [-0.1, -0.05) is 18.0 Å². The number of ether oxygens (including phenoxy) is 1. The van der Waals surface area contributed by atoms with Crippen LogP contribution in [0, 0.1) is 0 Å². The molecule has 106 valence electrons. The molecule has 0 saturated heterocycles. The Morgan fingerprint density at radius 3 is 2.58 bits per heavy atom. The highest BCUT2D eigenvalue weighted by molar-refractivity contribution is 5.69. The van der Waals surface area contributed by atoms with Crippen molar-refractivity contribution >= 4 is 11.8 Å². The minimum atomic E-state index is -0.580. The average molecular weight is 267 g/mol. The Morgan fingerprint density at radius 2 is 2.11 bits per heavy atom. The number of aromatic nitrogens is 1. The highest BCUT2D eigenvalue weighted by Gasteiger charge is 2.42. The summed E-state index contributed by atoms with van der Waals surface area (Å²) >= 11 is 0. The smallest absolute Gasteiger partial charge is 0.408 e. The van der Waals surface area contributed by atoms with Gasteiger partial charge in [0.25, 0.3) is 0 Å². The number of hydrogen-bond acceptors (Lipinski definition) is 5. The summed E-state index contributed by atoms with van der Waals surface area (Å²) in [5.74, 6) is 0.538. The van der Waals surface area contributed by atoms with Crippen LogP contribution in [0.5, 0.6) is 0 Å². The fourth-order valence-corrected chi connectivity index (χ4v) is 2.50. The molecule has 1 heterocycles. The molecule has 2 rings (SSSR count). The van der Waals surface area contributed by atoms with Crippen LogP contribution < -0.4 is 11.1 Å². The van der Waals surface area contributed by atoms with Gasteiger partial charge in [0.1, 0.15) is 11.1 Å². The zero-order chi connectivity index (χ0) is 14.1. The molecule has 0 aliphatic heterocycles. The van der Waals surface area contributed by atoms with Crippen molar-refractivity contribution < 1.29 is 14.1 Å². The van der Waals surface area contributed by atoms with Crippen molar-refractivity contribution in [3.8, 4) is 0 Å². The second-order valence-electron chi connectivity index (χ2n) is 6.03. The Hall–Kier alpha value is -1.72. The molecule has 0 unspecified atom stereocenters. The van der Waals surface area contributed by atoms with Gasteiger partial charge in [0, 0.05) is 0 Å². The summed E-state index contributed by atoms with van der Waals surface area (Å²) in [7, 11) is 0. The number of nitrogens with zero attached hydrogens (tertiary/aromatic N) is 1. The lowest BCUT2D eigenvalue weighted by Crippen LogP contribution is -2.46. The van der Waals surface area contributed by atoms with Gasteiger partial charge in [-0.15, -0.1) is 0 Å². The fraction of sp³-hybridized carbons (Fsp3) is 0.692. The van der Waals surface area contributed by atoms with E-state index in [4.69, 9.17) is 15.0 Å². The van der Waals surface area contributed by atoms with Crippen LogP contribution in [0.4, 0.5) is 10.5 Å². The molecule has 6 nitrogen and oxygen atoms in total. The van der Waals surface area contributed by atoms with Crippen LogP contribution in [0.3, 0.4) is 0 Å². The minimum absolute atomic E-state index is 0.454. The standard InChI is InChI=1S/C13H21N3O3/c1-12(2,3)18-11(17)16-13(6-4-5-7-13)10-9(14)8-15-19-10/h8H,4-7,14H2,1-3H3,(H,16,17). The molecule has 1 saturated carbocycles. The number of anilines is 1. The molecule has 0 bridgehead atoms. The molecule has 19 heavy (non-hydrogen) atoms. The minimum Gasteiger partial charge on any atom is -0.444 e. The first kappa shape index (κ1) is 13.7. The molecular weight excluding hydrogens is 246 g/mol. The van der Waals surface area contributed by atoms with Gasteiger partial charge < -0.3 is 20.3 Å². The SMILES string of the molecule is CC(C)(C)OC(=O)NC1(c2oncc2N)CCCC1. The molecule has 1 aromatic heterocycles. The van der Waals surface area contributed by atoms with Crippen LogP contribution in [-0.4, -0.2) is 16.9 Å². The summed E-state index contributed by atoms with van der Waals surface area (Å²) in [5.41, 5.74) is 5.22. The zero-order valence-electron chi connectivity index (χ0n) is 11.7. The lowest BCUT2D eigenvalue weighted by Gasteiger charge is -2.29. The molecule has 3 N–H and O–H groups in total. The van der Waals surface area contributed by atoms with Crippen molar-refractivity contribution in [2.75, 3.05) is 5.73 Å². The summed E-state index contributed by atoms with van der Waals surface area (Å²) in [4.78, 5) is 12.0. The zero-order valence-corrected chi connectivity index (χ0v) is 11.7. The highest BCUT2D eigenvalue weighted by Crippen LogP contribution is 2.41. The van der Waals surface area contributed by atoms with Crippen LogP contribution in [0.25, 0.3) is 0 Å². The first-order valence-electron chi connectivity index (χ1n) is 6.54. The van der Waals surface area contributed by atoms with Crippen LogP contribution >= 0.6 is 0 Å². The van der Waals surface area contributed by atoms with E-state index in [1.165, 1.54) is 6.20 Å². The van der Waals surface area contributed by atoms with Crippen molar-refractivity contribution in [1.29, 1.82) is 0 Å². The van der Waals surface area contributed by atoms with E-state index in [0.29, 0.717) is 11.4 Å². The summed E-state index contributed by atoms with van der Waals surface area (Å²) in [6, 6.07) is 0. The summed E-state index contributed by atoms with van der Waals surface area (Å²) in [6.07, 6.45) is 4.60. The van der Waals surface area contributed by atoms with Gasteiger partial charge in [-0.25, -0.2) is 4.79 Å². The van der Waals surface area contributed by atoms with Crippen molar-refractivity contribution in [1.82, 2.24) is 10.5 Å². The van der Waals surface area contributed by atoms with Gasteiger partial charge in [0.15, 0.2) is 5.76 Å². The quantitative estimate of drug-likeness (QED) is 0.859. The molecule has 1 amide bonds. The third-order valence-electron chi connectivity index (χ3n) is 3.23. The Balaban J connectivity index is 2.18. The largest absolute Gasteiger partial charge is 0.444 e. The molecule has 1 aromatic rings. The Kier molecular flexibility index (Phi) is 3.43. The lowest BCUT2D eigenvalue weighted by molar-refractivity contribution is 0.0434. The number of carbonyl (C=O) groups is 1. The van der Waals surface area contributed by atoms with E-state index in [1.807, 2.05) is 20.8 Å². The number of nitrogens with one attached hydrogen (secondary N) is 1. The number of rotatable bonds is 2. The maximum atomic E-state index is 12.0. The van der Waals surface area contributed by atoms with E-state index in [1.54, 1.807) is 0 Å². The molecular formula is C13H21N3O3. The van der Waals surface area contributed by atoms with Crippen molar-refractivity contribution in [2.45, 2.75) is 57.6 Å². The maximum Gasteiger partial charge on any atom is 0.408 e. The summed E-state index contributed by atoms with van der Waals surface area (Å²) < 4.78 is 10.5. The predicted octanol–water partition coefficient (Wildman–Crippen LogP) is 2.55. The molecule has 0 aromatic carbocycles. The molecule has 1 aliphatic carbocycles. The second-order valence-corrected chi connectivity index (χ2v) is 6.03. The van der Waals surface area contributed by atoms with E-state index in [0.717, 1.165) is 25.7 Å². The molecule has 0 spiro atoms. The van der Waals surface area contributed by atoms with E-state index in [-0.39, 0.29) is 0 Å². The van der Waals surface area contributed by atoms with E-state index >= 15 is 0 Å². The van der Waals surface area contributed by atoms with Crippen LogP contribution in [0.1, 0.15) is 52.2 Å². The Bertz CT molecular complexity index is 456. The monoisotopic (exact) mass is 267 g/mol. The van der Waals surface area contributed by atoms with Crippen molar-refractivity contribution in [3.63, 3.8) is 0 Å². The summed E-state index contributed by atoms with van der Waals surface area (Å²) in [6.45, 7) is 5.49. The van der Waals surface area contributed by atoms with Crippen LogP contribution in [0.2, 0.25) is 0 Å². The van der Waals surface area contributed by atoms with Gasteiger partial charge in [-0.05, 0) is 33.6 Å². The third kappa shape index (κ3) is 3.00. The number of carbonyl (C=O) groups excluding carboxylic acids is 1. The third-order valence-corrected chi connectivity index (χ3v) is 3.23. The Labute approximate surface area is 112 Å². The number of nitrogens with two attached hydrogens (primary N) is 1. The molecule has 1 aliphatic rings. The maximum absolute atomic E-state index is 12.0. The second kappa shape index (κ2) is 4.75. The topological polar surface area (TPSA) is 90.4 Å². The first-order valence-corrected chi connectivity index (χ1v) is 6.54. The van der Waals surface area contributed by atoms with Gasteiger partial charge in [-0.2, -0.15) is 0 Å². The molecule has 0 radical (unpaired) electrons. The van der Waals surface area contributed by atoms with Gasteiger partial charge >= 0.3 is 6.09 Å². The van der Waals surface area contributed by atoms with Crippen LogP contribution in [0.15, 0.2) is 10.7 Å². The predicted molar refractivity (Wildman–Crippen MR) is 70.4 cm³/mol. The van der Waals surface area contributed by atoms with Crippen LogP contribution in [-0.2, 0) is 10.3 Å². The number of amides is 1. The van der Waals surface area contributed by atoms with E-state index < -0.39 is 17.2 Å².